The Morgan fingerprint density at radius 3 is 2.57 bits per heavy atom. The number of nitrogen functional groups attached to an aromatic ring is 1. The van der Waals surface area contributed by atoms with Gasteiger partial charge in [-0.1, -0.05) is 6.92 Å². The van der Waals surface area contributed by atoms with E-state index in [-0.39, 0.29) is 73.1 Å². The van der Waals surface area contributed by atoms with E-state index in [1.165, 1.54) is 6.92 Å². The molecule has 2 N–H and O–H groups in total. The predicted molar refractivity (Wildman–Crippen MR) is 193 cm³/mol. The van der Waals surface area contributed by atoms with Gasteiger partial charge in [-0.05, 0) is 77.0 Å². The number of halogens is 6. The van der Waals surface area contributed by atoms with Crippen molar-refractivity contribution in [3.8, 4) is 17.3 Å². The lowest BCUT2D eigenvalue weighted by atomic mass is 9.95. The van der Waals surface area contributed by atoms with Crippen LogP contribution in [0.2, 0.25) is 0 Å². The van der Waals surface area contributed by atoms with Crippen molar-refractivity contribution in [3.05, 3.63) is 34.5 Å². The lowest BCUT2D eigenvalue weighted by Gasteiger charge is -2.48. The van der Waals surface area contributed by atoms with E-state index >= 15 is 4.39 Å². The molecule has 8 rings (SSSR count). The summed E-state index contributed by atoms with van der Waals surface area (Å²) in [5.41, 5.74) is 0.694. The van der Waals surface area contributed by atoms with Crippen molar-refractivity contribution in [1.82, 2.24) is 24.8 Å². The zero-order chi connectivity index (χ0) is 40.1. The van der Waals surface area contributed by atoms with Crippen LogP contribution in [0.5, 0.6) is 6.01 Å². The van der Waals surface area contributed by atoms with Crippen LogP contribution < -0.4 is 15.4 Å². The first kappa shape index (κ1) is 38.9. The summed E-state index contributed by atoms with van der Waals surface area (Å²) >= 11 is 0. The number of ether oxygens (including phenoxy) is 1. The van der Waals surface area contributed by atoms with Crippen molar-refractivity contribution in [2.45, 2.75) is 114 Å². The van der Waals surface area contributed by atoms with Gasteiger partial charge in [0.1, 0.15) is 35.6 Å². The first-order valence-electron chi connectivity index (χ1n) is 19.0. The molecule has 56 heavy (non-hydrogen) atoms. The normalized spacial score (nSPS) is 26.7. The van der Waals surface area contributed by atoms with E-state index < -0.39 is 97.8 Å². The predicted octanol–water partition coefficient (Wildman–Crippen LogP) is 5.47. The number of amides is 1. The molecule has 4 fully saturated rings. The molecule has 5 aliphatic rings. The second-order valence-electron chi connectivity index (χ2n) is 15.6. The maximum Gasteiger partial charge on any atom is 0.417 e. The largest absolute Gasteiger partial charge is 0.461 e. The molecule has 5 aliphatic heterocycles. The smallest absolute Gasteiger partial charge is 0.417 e. The van der Waals surface area contributed by atoms with Crippen LogP contribution >= 0.6 is 0 Å². The molecule has 2 bridgehead atoms. The highest BCUT2D eigenvalue weighted by atomic mass is 32.2. The van der Waals surface area contributed by atoms with Crippen LogP contribution in [0, 0.1) is 18.6 Å². The monoisotopic (exact) mass is 811 g/mol. The highest BCUT2D eigenvalue weighted by Crippen LogP contribution is 2.48. The van der Waals surface area contributed by atoms with E-state index in [9.17, 15) is 35.2 Å². The number of nitrogens with zero attached hydrogens (tertiary/aromatic N) is 6. The van der Waals surface area contributed by atoms with E-state index in [0.717, 1.165) is 19.4 Å². The fraction of sp³-hybridized carbons (Fsp3) is 0.622. The van der Waals surface area contributed by atoms with Crippen molar-refractivity contribution in [2.24, 2.45) is 0 Å². The molecular formula is C37H43F6N7O5S. The number of pyridine rings is 1. The van der Waals surface area contributed by atoms with Crippen LogP contribution in [0.4, 0.5) is 37.8 Å². The number of aryl methyl sites for hydroxylation is 1. The number of alkyl halides is 4. The highest BCUT2D eigenvalue weighted by molar-refractivity contribution is 7.86. The van der Waals surface area contributed by atoms with Crippen molar-refractivity contribution in [1.29, 1.82) is 0 Å². The quantitative estimate of drug-likeness (QED) is 0.167. The van der Waals surface area contributed by atoms with Gasteiger partial charge in [0.15, 0.2) is 11.9 Å². The number of piperazine rings is 1. The van der Waals surface area contributed by atoms with Gasteiger partial charge in [0.2, 0.25) is 0 Å². The molecule has 0 aliphatic carbocycles. The third-order valence-corrected chi connectivity index (χ3v) is 13.6. The van der Waals surface area contributed by atoms with Gasteiger partial charge in [-0.2, -0.15) is 31.6 Å². The number of benzene rings is 1. The van der Waals surface area contributed by atoms with Crippen LogP contribution in [0.1, 0.15) is 75.6 Å². The summed E-state index contributed by atoms with van der Waals surface area (Å²) in [7, 11) is -3.95. The molecule has 1 amide bonds. The second-order valence-corrected chi connectivity index (χ2v) is 17.5. The first-order chi connectivity index (χ1) is 26.5. The summed E-state index contributed by atoms with van der Waals surface area (Å²) in [6.45, 7) is 5.15. The van der Waals surface area contributed by atoms with Crippen molar-refractivity contribution in [3.63, 3.8) is 0 Å². The Bertz CT molecular complexity index is 2210. The second kappa shape index (κ2) is 13.9. The van der Waals surface area contributed by atoms with E-state index in [4.69, 9.17) is 19.6 Å². The van der Waals surface area contributed by atoms with Gasteiger partial charge in [-0.25, -0.2) is 18.2 Å². The van der Waals surface area contributed by atoms with Gasteiger partial charge < -0.3 is 20.3 Å². The topological polar surface area (TPSA) is 144 Å². The maximum atomic E-state index is 17.1. The Balaban J connectivity index is 1.26. The van der Waals surface area contributed by atoms with E-state index in [1.807, 2.05) is 9.80 Å². The minimum Gasteiger partial charge on any atom is -0.461 e. The summed E-state index contributed by atoms with van der Waals surface area (Å²) in [5.74, 6) is -3.04. The van der Waals surface area contributed by atoms with Crippen LogP contribution in [0.25, 0.3) is 22.2 Å². The van der Waals surface area contributed by atoms with E-state index in [1.54, 1.807) is 11.8 Å². The van der Waals surface area contributed by atoms with Crippen LogP contribution in [-0.4, -0.2) is 107 Å². The van der Waals surface area contributed by atoms with Crippen molar-refractivity contribution >= 4 is 38.4 Å². The van der Waals surface area contributed by atoms with E-state index in [2.05, 4.69) is 9.97 Å². The number of fused-ring (bicyclic) bond motifs is 6. The molecule has 7 heterocycles. The van der Waals surface area contributed by atoms with E-state index in [0.29, 0.717) is 32.2 Å². The van der Waals surface area contributed by atoms with Crippen molar-refractivity contribution in [2.75, 3.05) is 42.6 Å². The zero-order valence-corrected chi connectivity index (χ0v) is 32.0. The average molecular weight is 812 g/mol. The molecule has 0 saturated carbocycles. The maximum absolute atomic E-state index is 17.1. The fourth-order valence-corrected chi connectivity index (χ4v) is 10.5. The highest BCUT2D eigenvalue weighted by Gasteiger charge is 2.52. The summed E-state index contributed by atoms with van der Waals surface area (Å²) in [5, 5.41) is 0.162. The Hall–Kier alpha value is -3.97. The number of carbonyl (C=O) groups is 1. The molecule has 0 spiro atoms. The Kier molecular flexibility index (Phi) is 9.62. The third-order valence-electron chi connectivity index (χ3n) is 12.4. The molecule has 6 atom stereocenters. The standard InChI is InChI=1S/C37H43F6N7O5S/c1-4-26(55-56(52,53)5-2)34(51)50-20-7-9-25(50)24-10-8-23-27-32(30(40)31(45-23)21-13-22(44)29(39)18(3)28(21)37(41,42)43)46-35(47-33(27)49(24)16-20)54-17-36-11-6-12-48(36)15-19(38)14-36/h13,19-20,24-26H,4-12,14-17,44H2,1-3H3/t19-,20-,24-,25+,26-,36+/m1/s1. The van der Waals surface area contributed by atoms with Crippen LogP contribution in [-0.2, 0) is 31.7 Å². The van der Waals surface area contributed by atoms with Gasteiger partial charge in [0.05, 0.1) is 45.7 Å². The Morgan fingerprint density at radius 2 is 1.86 bits per heavy atom. The molecule has 4 saturated heterocycles. The summed E-state index contributed by atoms with van der Waals surface area (Å²) in [4.78, 5) is 33.4. The third kappa shape index (κ3) is 6.31. The van der Waals surface area contributed by atoms with Gasteiger partial charge in [-0.15, -0.1) is 0 Å². The molecule has 0 unspecified atom stereocenters. The molecule has 12 nitrogen and oxygen atoms in total. The molecule has 3 aromatic rings. The first-order valence-corrected chi connectivity index (χ1v) is 20.6. The minimum absolute atomic E-state index is 0.00721. The minimum atomic E-state index is -5.11. The van der Waals surface area contributed by atoms with Crippen molar-refractivity contribution < 1.29 is 48.5 Å². The average Bonchev–Trinajstić information content (AvgIpc) is 3.75. The number of hydrogen-bond donors (Lipinski definition) is 1. The lowest BCUT2D eigenvalue weighted by Crippen LogP contribution is -2.63. The SMILES string of the molecule is CC[C@@H](OS(=O)(=O)CC)C(=O)N1[C@@H]2CC[C@H]1[C@H]1CCc3nc(-c4cc(N)c(F)c(C)c4C(F)(F)F)c(F)c4nc(OC[C@@]56CCCN5C[C@H](F)C6)nc(c34)N1C2. The number of anilines is 2. The number of rotatable bonds is 9. The van der Waals surface area contributed by atoms with Crippen LogP contribution in [0.15, 0.2) is 6.07 Å². The fourth-order valence-electron chi connectivity index (χ4n) is 9.81. The Morgan fingerprint density at radius 1 is 1.09 bits per heavy atom. The summed E-state index contributed by atoms with van der Waals surface area (Å²) in [6, 6.07) is -0.837. The molecule has 304 valence electrons. The molecule has 1 aromatic carbocycles. The number of carbonyl (C=O) groups excluding carboxylic acids is 1. The van der Waals surface area contributed by atoms with Gasteiger partial charge >= 0.3 is 12.2 Å². The molecule has 2 aromatic heterocycles. The van der Waals surface area contributed by atoms with Gasteiger partial charge in [0.25, 0.3) is 16.0 Å². The zero-order valence-electron chi connectivity index (χ0n) is 31.1. The number of hydrogen-bond acceptors (Lipinski definition) is 11. The number of nitrogens with two attached hydrogens (primary N) is 1. The Labute approximate surface area is 319 Å². The van der Waals surface area contributed by atoms with Crippen LogP contribution in [0.3, 0.4) is 0 Å². The lowest BCUT2D eigenvalue weighted by molar-refractivity contribution is -0.143. The molecule has 0 radical (unpaired) electrons. The number of aromatic nitrogens is 3. The van der Waals surface area contributed by atoms with Gasteiger partial charge in [-0.3, -0.25) is 13.9 Å². The summed E-state index contributed by atoms with van der Waals surface area (Å²) in [6.07, 6.45) is -4.00. The molecule has 19 heteroatoms. The van der Waals surface area contributed by atoms with Gasteiger partial charge in [0, 0.05) is 31.1 Å². The summed E-state index contributed by atoms with van der Waals surface area (Å²) < 4.78 is 127. The molecular weight excluding hydrogens is 769 g/mol.